The summed E-state index contributed by atoms with van der Waals surface area (Å²) in [7, 11) is 3.73. The van der Waals surface area contributed by atoms with E-state index in [9.17, 15) is 14.4 Å². The van der Waals surface area contributed by atoms with Crippen molar-refractivity contribution in [3.8, 4) is 0 Å². The molecule has 0 unspecified atom stereocenters. The van der Waals surface area contributed by atoms with E-state index >= 15 is 0 Å². The number of rotatable bonds is 4. The van der Waals surface area contributed by atoms with Crippen LogP contribution in [0.1, 0.15) is 12.0 Å². The number of hydrogen-bond donors (Lipinski definition) is 2. The van der Waals surface area contributed by atoms with Gasteiger partial charge in [-0.05, 0) is 32.6 Å². The van der Waals surface area contributed by atoms with Crippen LogP contribution >= 0.6 is 0 Å². The second-order valence-corrected chi connectivity index (χ2v) is 5.06. The molecule has 0 atom stereocenters. The molecule has 6 nitrogen and oxygen atoms in total. The summed E-state index contributed by atoms with van der Waals surface area (Å²) in [5.74, 6) is -1.14. The molecule has 0 aliphatic carbocycles. The number of nitrogens with one attached hydrogen (secondary N) is 2. The summed E-state index contributed by atoms with van der Waals surface area (Å²) in [6.45, 7) is 0.546. The predicted molar refractivity (Wildman–Crippen MR) is 73.0 cm³/mol. The molecule has 1 aliphatic heterocycles. The van der Waals surface area contributed by atoms with E-state index in [4.69, 9.17) is 0 Å². The highest BCUT2D eigenvalue weighted by molar-refractivity contribution is 6.22. The quantitative estimate of drug-likeness (QED) is 0.772. The van der Waals surface area contributed by atoms with Gasteiger partial charge in [0.15, 0.2) is 5.41 Å². The van der Waals surface area contributed by atoms with E-state index < -0.39 is 23.3 Å². The highest BCUT2D eigenvalue weighted by Gasteiger charge is 2.51. The fourth-order valence-corrected chi connectivity index (χ4v) is 2.30. The normalized spacial score (nSPS) is 17.9. The fourth-order valence-electron chi connectivity index (χ4n) is 2.30. The minimum absolute atomic E-state index is 0.301. The molecule has 1 aromatic carbocycles. The summed E-state index contributed by atoms with van der Waals surface area (Å²) in [5, 5.41) is 4.39. The first-order valence-corrected chi connectivity index (χ1v) is 6.34. The number of barbiturate groups is 1. The van der Waals surface area contributed by atoms with Gasteiger partial charge in [0.1, 0.15) is 0 Å². The molecule has 6 heteroatoms. The first-order valence-electron chi connectivity index (χ1n) is 6.34. The molecular weight excluding hydrogens is 258 g/mol. The SMILES string of the molecule is CN(C)CCC1(c2ccccc2)C(=O)NC(=O)NC1=O. The van der Waals surface area contributed by atoms with Crippen LogP contribution in [0.15, 0.2) is 30.3 Å². The average Bonchev–Trinajstić information content (AvgIpc) is 2.39. The van der Waals surface area contributed by atoms with Crippen LogP contribution in [0.3, 0.4) is 0 Å². The number of hydrogen-bond acceptors (Lipinski definition) is 4. The van der Waals surface area contributed by atoms with Gasteiger partial charge in [-0.2, -0.15) is 0 Å². The van der Waals surface area contributed by atoms with Crippen LogP contribution in [-0.4, -0.2) is 43.4 Å². The van der Waals surface area contributed by atoms with Crippen LogP contribution < -0.4 is 10.6 Å². The Morgan fingerprint density at radius 3 is 2.05 bits per heavy atom. The molecule has 106 valence electrons. The Morgan fingerprint density at radius 1 is 1.00 bits per heavy atom. The molecule has 4 amide bonds. The molecule has 1 saturated heterocycles. The van der Waals surface area contributed by atoms with Crippen molar-refractivity contribution in [2.45, 2.75) is 11.8 Å². The lowest BCUT2D eigenvalue weighted by atomic mass is 9.74. The average molecular weight is 275 g/mol. The van der Waals surface area contributed by atoms with E-state index in [2.05, 4.69) is 10.6 Å². The van der Waals surface area contributed by atoms with Crippen LogP contribution in [0.4, 0.5) is 4.79 Å². The number of carbonyl (C=O) groups excluding carboxylic acids is 3. The van der Waals surface area contributed by atoms with Gasteiger partial charge < -0.3 is 4.90 Å². The highest BCUT2D eigenvalue weighted by Crippen LogP contribution is 2.30. The molecule has 0 saturated carbocycles. The van der Waals surface area contributed by atoms with Crippen LogP contribution in [-0.2, 0) is 15.0 Å². The second-order valence-electron chi connectivity index (χ2n) is 5.06. The largest absolute Gasteiger partial charge is 0.328 e. The molecule has 1 aromatic rings. The molecule has 1 aliphatic rings. The van der Waals surface area contributed by atoms with Crippen molar-refractivity contribution in [1.82, 2.24) is 15.5 Å². The topological polar surface area (TPSA) is 78.5 Å². The maximum Gasteiger partial charge on any atom is 0.328 e. The van der Waals surface area contributed by atoms with Crippen molar-refractivity contribution >= 4 is 17.8 Å². The molecule has 1 fully saturated rings. The minimum Gasteiger partial charge on any atom is -0.309 e. The van der Waals surface area contributed by atoms with Gasteiger partial charge in [0.25, 0.3) is 0 Å². The second kappa shape index (κ2) is 5.42. The Morgan fingerprint density at radius 2 is 1.55 bits per heavy atom. The van der Waals surface area contributed by atoms with Crippen molar-refractivity contribution < 1.29 is 14.4 Å². The zero-order chi connectivity index (χ0) is 14.8. The smallest absolute Gasteiger partial charge is 0.309 e. The summed E-state index contributed by atoms with van der Waals surface area (Å²) in [5.41, 5.74) is -0.774. The molecule has 1 heterocycles. The van der Waals surface area contributed by atoms with Gasteiger partial charge in [-0.15, -0.1) is 0 Å². The Kier molecular flexibility index (Phi) is 3.85. The molecule has 0 bridgehead atoms. The third-order valence-electron chi connectivity index (χ3n) is 3.43. The molecule has 2 rings (SSSR count). The number of benzene rings is 1. The zero-order valence-corrected chi connectivity index (χ0v) is 11.5. The molecule has 20 heavy (non-hydrogen) atoms. The molecule has 2 N–H and O–H groups in total. The molecule has 0 radical (unpaired) electrons. The van der Waals surface area contributed by atoms with E-state index in [1.165, 1.54) is 0 Å². The zero-order valence-electron chi connectivity index (χ0n) is 11.5. The van der Waals surface area contributed by atoms with E-state index in [0.717, 1.165) is 0 Å². The summed E-state index contributed by atoms with van der Waals surface area (Å²) >= 11 is 0. The third kappa shape index (κ3) is 2.42. The Labute approximate surface area is 117 Å². The monoisotopic (exact) mass is 275 g/mol. The first kappa shape index (κ1) is 14.2. The summed E-state index contributed by atoms with van der Waals surface area (Å²) in [6, 6.07) is 8.03. The summed E-state index contributed by atoms with van der Waals surface area (Å²) in [4.78, 5) is 37.8. The Balaban J connectivity index is 2.46. The Hall–Kier alpha value is -2.21. The lowest BCUT2D eigenvalue weighted by Gasteiger charge is -2.35. The minimum atomic E-state index is -1.36. The summed E-state index contributed by atoms with van der Waals surface area (Å²) in [6.07, 6.45) is 0.301. The van der Waals surface area contributed by atoms with Gasteiger partial charge in [0, 0.05) is 0 Å². The lowest BCUT2D eigenvalue weighted by molar-refractivity contribution is -0.139. The number of urea groups is 1. The van der Waals surface area contributed by atoms with Crippen molar-refractivity contribution in [2.75, 3.05) is 20.6 Å². The van der Waals surface area contributed by atoms with Gasteiger partial charge in [-0.3, -0.25) is 20.2 Å². The fraction of sp³-hybridized carbons (Fsp3) is 0.357. The molecule has 0 spiro atoms. The first-order chi connectivity index (χ1) is 9.46. The molecular formula is C14H17N3O3. The predicted octanol–water partition coefficient (Wildman–Crippen LogP) is 0.242. The Bertz CT molecular complexity index is 520. The lowest BCUT2D eigenvalue weighted by Crippen LogP contribution is -2.65. The number of imide groups is 2. The summed E-state index contributed by atoms with van der Waals surface area (Å²) < 4.78 is 0. The van der Waals surface area contributed by atoms with E-state index in [0.29, 0.717) is 18.5 Å². The molecule has 0 aromatic heterocycles. The standard InChI is InChI=1S/C14H17N3O3/c1-17(2)9-8-14(10-6-4-3-5-7-10)11(18)15-13(20)16-12(14)19/h3-7H,8-9H2,1-2H3,(H2,15,16,18,19,20). The van der Waals surface area contributed by atoms with Crippen molar-refractivity contribution in [1.29, 1.82) is 0 Å². The van der Waals surface area contributed by atoms with E-state index in [-0.39, 0.29) is 0 Å². The van der Waals surface area contributed by atoms with Crippen molar-refractivity contribution in [3.63, 3.8) is 0 Å². The van der Waals surface area contributed by atoms with Crippen molar-refractivity contribution in [3.05, 3.63) is 35.9 Å². The van der Waals surface area contributed by atoms with Crippen LogP contribution in [0, 0.1) is 0 Å². The maximum atomic E-state index is 12.3. The van der Waals surface area contributed by atoms with Gasteiger partial charge in [-0.1, -0.05) is 30.3 Å². The van der Waals surface area contributed by atoms with E-state index in [1.54, 1.807) is 24.3 Å². The highest BCUT2D eigenvalue weighted by atomic mass is 16.2. The van der Waals surface area contributed by atoms with Crippen LogP contribution in [0.5, 0.6) is 0 Å². The van der Waals surface area contributed by atoms with Gasteiger partial charge in [-0.25, -0.2) is 4.79 Å². The van der Waals surface area contributed by atoms with Gasteiger partial charge >= 0.3 is 6.03 Å². The van der Waals surface area contributed by atoms with Crippen LogP contribution in [0.25, 0.3) is 0 Å². The van der Waals surface area contributed by atoms with Gasteiger partial charge in [0.2, 0.25) is 11.8 Å². The number of amides is 4. The van der Waals surface area contributed by atoms with Crippen molar-refractivity contribution in [2.24, 2.45) is 0 Å². The third-order valence-corrected chi connectivity index (χ3v) is 3.43. The van der Waals surface area contributed by atoms with E-state index in [1.807, 2.05) is 25.1 Å². The number of nitrogens with zero attached hydrogens (tertiary/aromatic N) is 1. The van der Waals surface area contributed by atoms with Gasteiger partial charge in [0.05, 0.1) is 0 Å². The maximum absolute atomic E-state index is 12.3. The number of carbonyl (C=O) groups is 3. The van der Waals surface area contributed by atoms with Crippen LogP contribution in [0.2, 0.25) is 0 Å².